The van der Waals surface area contributed by atoms with Crippen LogP contribution >= 0.6 is 0 Å². The number of nitrogens with zero attached hydrogens (tertiary/aromatic N) is 1. The van der Waals surface area contributed by atoms with Crippen LogP contribution in [-0.2, 0) is 11.0 Å². The first-order valence-corrected chi connectivity index (χ1v) is 11.5. The summed E-state index contributed by atoms with van der Waals surface area (Å²) in [4.78, 5) is 20.5. The second-order valence-electron chi connectivity index (χ2n) is 8.73. The predicted octanol–water partition coefficient (Wildman–Crippen LogP) is 6.44. The Bertz CT molecular complexity index is 1250. The van der Waals surface area contributed by atoms with Crippen molar-refractivity contribution >= 4 is 17.4 Å². The van der Waals surface area contributed by atoms with Gasteiger partial charge >= 0.3 is 12.2 Å². The maximum atomic E-state index is 13.0. The van der Waals surface area contributed by atoms with E-state index in [0.29, 0.717) is 54.4 Å². The standard InChI is InChI=1S/C27H24F3N3O3/c28-27(29,30)20-12-10-19(11-13-20)23-18-26(36-32-23)14-16-33(17-15-26)25(34)31-22-8-4-5-9-24(22)35-21-6-2-1-3-7-21/h1-13,18,32H,14-17H2,(H,31,34). The van der Waals surface area contributed by atoms with Crippen LogP contribution in [0.3, 0.4) is 0 Å². The molecule has 1 saturated heterocycles. The van der Waals surface area contributed by atoms with Crippen molar-refractivity contribution in [1.82, 2.24) is 10.4 Å². The predicted molar refractivity (Wildman–Crippen MR) is 129 cm³/mol. The van der Waals surface area contributed by atoms with Gasteiger partial charge in [-0.25, -0.2) is 4.79 Å². The first-order valence-electron chi connectivity index (χ1n) is 11.5. The van der Waals surface area contributed by atoms with Crippen LogP contribution in [0.25, 0.3) is 5.70 Å². The molecule has 1 fully saturated rings. The molecular formula is C27H24F3N3O3. The number of urea groups is 1. The van der Waals surface area contributed by atoms with E-state index in [0.717, 1.165) is 12.1 Å². The Hall–Kier alpha value is -3.98. The van der Waals surface area contributed by atoms with Crippen molar-refractivity contribution in [2.45, 2.75) is 24.6 Å². The van der Waals surface area contributed by atoms with Crippen molar-refractivity contribution in [3.63, 3.8) is 0 Å². The number of alkyl halides is 3. The fourth-order valence-corrected chi connectivity index (χ4v) is 4.26. The number of carbonyl (C=O) groups excluding carboxylic acids is 1. The molecule has 0 saturated carbocycles. The number of nitrogens with one attached hydrogen (secondary N) is 2. The Morgan fingerprint density at radius 2 is 1.61 bits per heavy atom. The molecule has 0 bridgehead atoms. The van der Waals surface area contributed by atoms with E-state index in [9.17, 15) is 18.0 Å². The van der Waals surface area contributed by atoms with Gasteiger partial charge in [-0.3, -0.25) is 10.3 Å². The van der Waals surface area contributed by atoms with E-state index in [2.05, 4.69) is 10.8 Å². The van der Waals surface area contributed by atoms with Gasteiger partial charge in [0.05, 0.1) is 16.9 Å². The van der Waals surface area contributed by atoms with Gasteiger partial charge in [-0.15, -0.1) is 0 Å². The number of amides is 2. The number of likely N-dealkylation sites (tertiary alicyclic amines) is 1. The molecule has 6 nitrogen and oxygen atoms in total. The monoisotopic (exact) mass is 495 g/mol. The normalized spacial score (nSPS) is 16.9. The van der Waals surface area contributed by atoms with E-state index < -0.39 is 17.3 Å². The number of hydrogen-bond donors (Lipinski definition) is 2. The minimum Gasteiger partial charge on any atom is -0.455 e. The lowest BCUT2D eigenvalue weighted by molar-refractivity contribution is -0.137. The highest BCUT2D eigenvalue weighted by atomic mass is 19.4. The minimum atomic E-state index is -4.38. The van der Waals surface area contributed by atoms with Gasteiger partial charge in [0.25, 0.3) is 0 Å². The third kappa shape index (κ3) is 5.16. The SMILES string of the molecule is O=C(Nc1ccccc1Oc1ccccc1)N1CCC2(C=C(c3ccc(C(F)(F)F)cc3)NO2)CC1. The Morgan fingerprint density at radius 3 is 2.31 bits per heavy atom. The lowest BCUT2D eigenvalue weighted by Gasteiger charge is -2.36. The number of ether oxygens (including phenoxy) is 1. The molecule has 2 N–H and O–H groups in total. The Morgan fingerprint density at radius 1 is 0.944 bits per heavy atom. The maximum Gasteiger partial charge on any atom is 0.416 e. The van der Waals surface area contributed by atoms with Crippen LogP contribution in [0.15, 0.2) is 84.9 Å². The second kappa shape index (κ2) is 9.58. The topological polar surface area (TPSA) is 62.8 Å². The summed E-state index contributed by atoms with van der Waals surface area (Å²) in [5.74, 6) is 1.21. The molecule has 5 rings (SSSR count). The molecule has 2 aliphatic rings. The van der Waals surface area contributed by atoms with Crippen LogP contribution in [0.1, 0.15) is 24.0 Å². The first-order chi connectivity index (χ1) is 17.3. The molecule has 0 radical (unpaired) electrons. The summed E-state index contributed by atoms with van der Waals surface area (Å²) in [5.41, 5.74) is 3.32. The largest absolute Gasteiger partial charge is 0.455 e. The van der Waals surface area contributed by atoms with E-state index in [1.165, 1.54) is 12.1 Å². The molecule has 3 aromatic carbocycles. The van der Waals surface area contributed by atoms with Gasteiger partial charge in [0.1, 0.15) is 11.4 Å². The van der Waals surface area contributed by atoms with Crippen LogP contribution in [0, 0.1) is 0 Å². The average molecular weight is 496 g/mol. The first kappa shape index (κ1) is 23.7. The zero-order valence-electron chi connectivity index (χ0n) is 19.2. The third-order valence-electron chi connectivity index (χ3n) is 6.29. The summed E-state index contributed by atoms with van der Waals surface area (Å²) >= 11 is 0. The van der Waals surface area contributed by atoms with E-state index >= 15 is 0 Å². The Labute approximate surface area is 206 Å². The van der Waals surface area contributed by atoms with Crippen LogP contribution in [-0.4, -0.2) is 29.6 Å². The van der Waals surface area contributed by atoms with Gasteiger partial charge < -0.3 is 15.0 Å². The van der Waals surface area contributed by atoms with Gasteiger partial charge in [0.15, 0.2) is 5.75 Å². The summed E-state index contributed by atoms with van der Waals surface area (Å²) < 4.78 is 44.5. The lowest BCUT2D eigenvalue weighted by atomic mass is 9.90. The number of anilines is 1. The molecule has 36 heavy (non-hydrogen) atoms. The fraction of sp³-hybridized carbons (Fsp3) is 0.222. The number of carbonyl (C=O) groups is 1. The maximum absolute atomic E-state index is 13.0. The number of benzene rings is 3. The molecule has 0 unspecified atom stereocenters. The molecule has 186 valence electrons. The van der Waals surface area contributed by atoms with E-state index in [-0.39, 0.29) is 6.03 Å². The van der Waals surface area contributed by atoms with Crippen LogP contribution in [0.2, 0.25) is 0 Å². The molecule has 0 aliphatic carbocycles. The van der Waals surface area contributed by atoms with Gasteiger partial charge in [0, 0.05) is 25.9 Å². The highest BCUT2D eigenvalue weighted by Gasteiger charge is 2.40. The van der Waals surface area contributed by atoms with Gasteiger partial charge in [-0.1, -0.05) is 42.5 Å². The molecular weight excluding hydrogens is 471 g/mol. The Kier molecular flexibility index (Phi) is 6.32. The minimum absolute atomic E-state index is 0.244. The van der Waals surface area contributed by atoms with E-state index in [1.54, 1.807) is 17.0 Å². The highest BCUT2D eigenvalue weighted by molar-refractivity contribution is 5.91. The zero-order chi connectivity index (χ0) is 25.2. The number of piperidine rings is 1. The molecule has 3 aromatic rings. The smallest absolute Gasteiger partial charge is 0.416 e. The quantitative estimate of drug-likeness (QED) is 0.437. The van der Waals surface area contributed by atoms with Crippen molar-refractivity contribution in [1.29, 1.82) is 0 Å². The summed E-state index contributed by atoms with van der Waals surface area (Å²) in [6.07, 6.45) is -1.40. The van der Waals surface area contributed by atoms with E-state index in [1.807, 2.05) is 48.5 Å². The summed E-state index contributed by atoms with van der Waals surface area (Å²) in [5, 5.41) is 2.93. The highest BCUT2D eigenvalue weighted by Crippen LogP contribution is 2.36. The van der Waals surface area contributed by atoms with Crippen molar-refractivity contribution in [2.75, 3.05) is 18.4 Å². The number of halogens is 3. The Balaban J connectivity index is 1.21. The van der Waals surface area contributed by atoms with Crippen LogP contribution in [0.5, 0.6) is 11.5 Å². The summed E-state index contributed by atoms with van der Waals surface area (Å²) in [6, 6.07) is 21.2. The summed E-state index contributed by atoms with van der Waals surface area (Å²) in [7, 11) is 0. The molecule has 2 amide bonds. The third-order valence-corrected chi connectivity index (χ3v) is 6.29. The molecule has 1 spiro atoms. The number of rotatable bonds is 4. The van der Waals surface area contributed by atoms with Crippen molar-refractivity contribution in [3.8, 4) is 11.5 Å². The molecule has 2 heterocycles. The fourth-order valence-electron chi connectivity index (χ4n) is 4.26. The summed E-state index contributed by atoms with van der Waals surface area (Å²) in [6.45, 7) is 0.901. The van der Waals surface area contributed by atoms with Gasteiger partial charge in [0.2, 0.25) is 0 Å². The molecule has 0 atom stereocenters. The van der Waals surface area contributed by atoms with Crippen molar-refractivity contribution in [3.05, 3.63) is 96.1 Å². The number of hydroxylamine groups is 1. The zero-order valence-corrected chi connectivity index (χ0v) is 19.2. The van der Waals surface area contributed by atoms with Crippen molar-refractivity contribution < 1.29 is 27.5 Å². The molecule has 9 heteroatoms. The van der Waals surface area contributed by atoms with Crippen molar-refractivity contribution in [2.24, 2.45) is 0 Å². The molecule has 2 aliphatic heterocycles. The average Bonchev–Trinajstić information content (AvgIpc) is 3.29. The second-order valence-corrected chi connectivity index (χ2v) is 8.73. The number of hydrogen-bond acceptors (Lipinski definition) is 4. The van der Waals surface area contributed by atoms with E-state index in [4.69, 9.17) is 9.57 Å². The molecule has 0 aromatic heterocycles. The van der Waals surface area contributed by atoms with Crippen LogP contribution in [0.4, 0.5) is 23.7 Å². The van der Waals surface area contributed by atoms with Gasteiger partial charge in [-0.2, -0.15) is 13.2 Å². The lowest BCUT2D eigenvalue weighted by Crippen LogP contribution is -2.48. The number of para-hydroxylation sites is 3. The van der Waals surface area contributed by atoms with Crippen LogP contribution < -0.4 is 15.5 Å². The van der Waals surface area contributed by atoms with Gasteiger partial charge in [-0.05, 0) is 48.0 Å².